The van der Waals surface area contributed by atoms with Gasteiger partial charge in [0.1, 0.15) is 5.82 Å². The summed E-state index contributed by atoms with van der Waals surface area (Å²) >= 11 is 0. The summed E-state index contributed by atoms with van der Waals surface area (Å²) in [5.41, 5.74) is 2.28. The molecule has 0 spiro atoms. The normalized spacial score (nSPS) is 10.6. The Balaban J connectivity index is 1.98. The van der Waals surface area contributed by atoms with Gasteiger partial charge in [-0.2, -0.15) is 0 Å². The van der Waals surface area contributed by atoms with Crippen LogP contribution < -0.4 is 10.2 Å². The van der Waals surface area contributed by atoms with E-state index in [2.05, 4.69) is 58.3 Å². The minimum atomic E-state index is 0.784. The van der Waals surface area contributed by atoms with E-state index in [4.69, 9.17) is 0 Å². The highest BCUT2D eigenvalue weighted by atomic mass is 15.2. The molecule has 0 saturated carbocycles. The predicted octanol–water partition coefficient (Wildman–Crippen LogP) is 3.00. The topological polar surface area (TPSA) is 41.1 Å². The third kappa shape index (κ3) is 4.83. The highest BCUT2D eigenvalue weighted by Gasteiger charge is 2.07. The van der Waals surface area contributed by atoms with E-state index in [9.17, 15) is 0 Å². The van der Waals surface area contributed by atoms with Crippen molar-refractivity contribution in [1.29, 1.82) is 0 Å². The van der Waals surface area contributed by atoms with Crippen LogP contribution in [-0.2, 0) is 13.1 Å². The van der Waals surface area contributed by atoms with E-state index in [1.54, 1.807) is 0 Å². The monoisotopic (exact) mass is 284 g/mol. The molecule has 4 heteroatoms. The lowest BCUT2D eigenvalue weighted by Gasteiger charge is -2.21. The van der Waals surface area contributed by atoms with Crippen LogP contribution >= 0.6 is 0 Å². The number of nitrogens with one attached hydrogen (secondary N) is 1. The first-order valence-corrected chi connectivity index (χ1v) is 7.64. The van der Waals surface area contributed by atoms with Gasteiger partial charge in [-0.3, -0.25) is 4.98 Å². The van der Waals surface area contributed by atoms with Gasteiger partial charge in [0, 0.05) is 19.6 Å². The van der Waals surface area contributed by atoms with E-state index >= 15 is 0 Å². The van der Waals surface area contributed by atoms with Gasteiger partial charge < -0.3 is 10.2 Å². The van der Waals surface area contributed by atoms with Gasteiger partial charge in [0.25, 0.3) is 0 Å². The number of nitrogens with zero attached hydrogens (tertiary/aromatic N) is 3. The fraction of sp³-hybridized carbons (Fsp3) is 0.412. The molecule has 1 N–H and O–H groups in total. The molecule has 0 bridgehead atoms. The summed E-state index contributed by atoms with van der Waals surface area (Å²) in [6.07, 6.45) is 4.87. The second kappa shape index (κ2) is 8.37. The Morgan fingerprint density at radius 1 is 1.05 bits per heavy atom. The van der Waals surface area contributed by atoms with Crippen LogP contribution in [0, 0.1) is 0 Å². The van der Waals surface area contributed by atoms with Crippen molar-refractivity contribution in [2.24, 2.45) is 0 Å². The summed E-state index contributed by atoms with van der Waals surface area (Å²) in [6, 6.07) is 10.4. The summed E-state index contributed by atoms with van der Waals surface area (Å²) in [7, 11) is 0. The third-order valence-electron chi connectivity index (χ3n) is 3.35. The van der Waals surface area contributed by atoms with E-state index in [0.717, 1.165) is 44.1 Å². The highest BCUT2D eigenvalue weighted by Crippen LogP contribution is 2.13. The van der Waals surface area contributed by atoms with Crippen LogP contribution in [0.25, 0.3) is 0 Å². The van der Waals surface area contributed by atoms with Gasteiger partial charge in [-0.15, -0.1) is 0 Å². The Labute approximate surface area is 127 Å². The molecule has 112 valence electrons. The Morgan fingerprint density at radius 2 is 1.86 bits per heavy atom. The van der Waals surface area contributed by atoms with E-state index in [0.29, 0.717) is 0 Å². The summed E-state index contributed by atoms with van der Waals surface area (Å²) < 4.78 is 0. The molecule has 0 aliphatic heterocycles. The van der Waals surface area contributed by atoms with Crippen molar-refractivity contribution in [3.63, 3.8) is 0 Å². The molecule has 1 heterocycles. The molecule has 1 aromatic heterocycles. The van der Waals surface area contributed by atoms with Gasteiger partial charge in [0.05, 0.1) is 18.1 Å². The standard InChI is InChI=1S/C17H24N4/c1-3-10-18-11-16-12-20-17(13-19-16)21(4-2)14-15-8-6-5-7-9-15/h5-9,12-13,18H,3-4,10-11,14H2,1-2H3. The Morgan fingerprint density at radius 3 is 2.48 bits per heavy atom. The van der Waals surface area contributed by atoms with Gasteiger partial charge >= 0.3 is 0 Å². The summed E-state index contributed by atoms with van der Waals surface area (Å²) in [4.78, 5) is 11.3. The van der Waals surface area contributed by atoms with Crippen LogP contribution in [-0.4, -0.2) is 23.1 Å². The van der Waals surface area contributed by atoms with Crippen molar-refractivity contribution in [3.8, 4) is 0 Å². The zero-order valence-corrected chi connectivity index (χ0v) is 12.9. The van der Waals surface area contributed by atoms with Crippen LogP contribution in [0.1, 0.15) is 31.5 Å². The molecule has 0 amide bonds. The first-order chi connectivity index (χ1) is 10.3. The van der Waals surface area contributed by atoms with Crippen LogP contribution in [0.15, 0.2) is 42.7 Å². The van der Waals surface area contributed by atoms with Crippen molar-refractivity contribution in [2.75, 3.05) is 18.0 Å². The number of aromatic nitrogens is 2. The molecule has 0 atom stereocenters. The molecule has 2 rings (SSSR count). The highest BCUT2D eigenvalue weighted by molar-refractivity contribution is 5.37. The lowest BCUT2D eigenvalue weighted by molar-refractivity contribution is 0.661. The van der Waals surface area contributed by atoms with Crippen molar-refractivity contribution in [3.05, 3.63) is 54.0 Å². The van der Waals surface area contributed by atoms with Gasteiger partial charge in [-0.1, -0.05) is 37.3 Å². The van der Waals surface area contributed by atoms with Crippen molar-refractivity contribution < 1.29 is 0 Å². The molecule has 0 saturated heterocycles. The van der Waals surface area contributed by atoms with Crippen LogP contribution in [0.4, 0.5) is 5.82 Å². The lowest BCUT2D eigenvalue weighted by atomic mass is 10.2. The minimum absolute atomic E-state index is 0.784. The number of hydrogen-bond acceptors (Lipinski definition) is 4. The summed E-state index contributed by atoms with van der Waals surface area (Å²) in [5.74, 6) is 0.931. The van der Waals surface area contributed by atoms with Gasteiger partial charge in [-0.25, -0.2) is 4.98 Å². The predicted molar refractivity (Wildman–Crippen MR) is 87.2 cm³/mol. The van der Waals surface area contributed by atoms with E-state index in [1.807, 2.05) is 18.5 Å². The second-order valence-electron chi connectivity index (χ2n) is 5.04. The average Bonchev–Trinajstić information content (AvgIpc) is 2.55. The molecule has 1 aromatic carbocycles. The smallest absolute Gasteiger partial charge is 0.147 e. The maximum Gasteiger partial charge on any atom is 0.147 e. The number of hydrogen-bond donors (Lipinski definition) is 1. The van der Waals surface area contributed by atoms with Crippen LogP contribution in [0.3, 0.4) is 0 Å². The van der Waals surface area contributed by atoms with Gasteiger partial charge in [0.2, 0.25) is 0 Å². The molecule has 0 unspecified atom stereocenters. The largest absolute Gasteiger partial charge is 0.351 e. The fourth-order valence-electron chi connectivity index (χ4n) is 2.15. The van der Waals surface area contributed by atoms with Crippen LogP contribution in [0.5, 0.6) is 0 Å². The van der Waals surface area contributed by atoms with Gasteiger partial charge in [-0.05, 0) is 25.5 Å². The second-order valence-corrected chi connectivity index (χ2v) is 5.04. The molecule has 0 radical (unpaired) electrons. The number of anilines is 1. The quantitative estimate of drug-likeness (QED) is 0.757. The van der Waals surface area contributed by atoms with Crippen LogP contribution in [0.2, 0.25) is 0 Å². The molecular formula is C17H24N4. The fourth-order valence-corrected chi connectivity index (χ4v) is 2.15. The van der Waals surface area contributed by atoms with Gasteiger partial charge in [0.15, 0.2) is 0 Å². The SMILES string of the molecule is CCCNCc1cnc(N(CC)Cc2ccccc2)cn1. The molecule has 0 aliphatic carbocycles. The summed E-state index contributed by atoms with van der Waals surface area (Å²) in [6.45, 7) is 7.87. The first-order valence-electron chi connectivity index (χ1n) is 7.64. The Kier molecular flexibility index (Phi) is 6.16. The zero-order valence-electron chi connectivity index (χ0n) is 12.9. The molecular weight excluding hydrogens is 260 g/mol. The molecule has 0 aliphatic rings. The Bertz CT molecular complexity index is 510. The molecule has 21 heavy (non-hydrogen) atoms. The van der Waals surface area contributed by atoms with Crippen molar-refractivity contribution in [1.82, 2.24) is 15.3 Å². The molecule has 4 nitrogen and oxygen atoms in total. The zero-order chi connectivity index (χ0) is 14.9. The van der Waals surface area contributed by atoms with E-state index in [1.165, 1.54) is 5.56 Å². The third-order valence-corrected chi connectivity index (χ3v) is 3.35. The summed E-state index contributed by atoms with van der Waals surface area (Å²) in [5, 5.41) is 3.34. The maximum atomic E-state index is 4.55. The molecule has 0 fully saturated rings. The average molecular weight is 284 g/mol. The maximum absolute atomic E-state index is 4.55. The number of benzene rings is 1. The first kappa shape index (κ1) is 15.4. The van der Waals surface area contributed by atoms with E-state index < -0.39 is 0 Å². The Hall–Kier alpha value is -1.94. The minimum Gasteiger partial charge on any atom is -0.351 e. The molecule has 2 aromatic rings. The number of rotatable bonds is 8. The van der Waals surface area contributed by atoms with Crippen molar-refractivity contribution >= 4 is 5.82 Å². The van der Waals surface area contributed by atoms with E-state index in [-0.39, 0.29) is 0 Å². The van der Waals surface area contributed by atoms with Crippen molar-refractivity contribution in [2.45, 2.75) is 33.4 Å². The lowest BCUT2D eigenvalue weighted by Crippen LogP contribution is -2.23.